The second-order valence-electron chi connectivity index (χ2n) is 7.20. The standard InChI is InChI=1S/C23H28ClN3O/c1-3-20(22-15-21(24)10-9-18(22)2)11-12-25-23(28)27-14-13-26(17-27)16-19-7-5-4-6-8-19/h3-10,15H,11-14,16-17H2,1-2H3,(H,25,28)/b20-3-. The molecule has 2 amide bonds. The molecule has 0 radical (unpaired) electrons. The zero-order valence-electron chi connectivity index (χ0n) is 16.6. The van der Waals surface area contributed by atoms with Gasteiger partial charge in [-0.2, -0.15) is 0 Å². The van der Waals surface area contributed by atoms with Gasteiger partial charge in [-0.15, -0.1) is 0 Å². The fraction of sp³-hybridized carbons (Fsp3) is 0.348. The van der Waals surface area contributed by atoms with Crippen LogP contribution in [0.25, 0.3) is 5.57 Å². The molecule has 28 heavy (non-hydrogen) atoms. The van der Waals surface area contributed by atoms with Crippen LogP contribution in [0.4, 0.5) is 4.79 Å². The molecule has 0 unspecified atom stereocenters. The Morgan fingerprint density at radius 2 is 1.96 bits per heavy atom. The molecule has 1 N–H and O–H groups in total. The van der Waals surface area contributed by atoms with Gasteiger partial charge in [-0.25, -0.2) is 4.79 Å². The Morgan fingerprint density at radius 1 is 1.18 bits per heavy atom. The van der Waals surface area contributed by atoms with E-state index < -0.39 is 0 Å². The Bertz CT molecular complexity index is 835. The van der Waals surface area contributed by atoms with Crippen LogP contribution in [-0.2, 0) is 6.54 Å². The third-order valence-electron chi connectivity index (χ3n) is 5.16. The van der Waals surface area contributed by atoms with Crippen molar-refractivity contribution in [1.82, 2.24) is 15.1 Å². The Kier molecular flexibility index (Phi) is 7.12. The van der Waals surface area contributed by atoms with Gasteiger partial charge >= 0.3 is 6.03 Å². The van der Waals surface area contributed by atoms with Crippen LogP contribution in [0.5, 0.6) is 0 Å². The molecular weight excluding hydrogens is 370 g/mol. The number of allylic oxidation sites excluding steroid dienone is 1. The highest BCUT2D eigenvalue weighted by atomic mass is 35.5. The minimum Gasteiger partial charge on any atom is -0.338 e. The van der Waals surface area contributed by atoms with E-state index in [0.717, 1.165) is 36.6 Å². The number of aryl methyl sites for hydroxylation is 1. The van der Waals surface area contributed by atoms with E-state index >= 15 is 0 Å². The molecule has 5 heteroatoms. The molecule has 1 aliphatic heterocycles. The van der Waals surface area contributed by atoms with Gasteiger partial charge < -0.3 is 10.2 Å². The van der Waals surface area contributed by atoms with E-state index in [1.165, 1.54) is 16.7 Å². The van der Waals surface area contributed by atoms with E-state index in [2.05, 4.69) is 47.5 Å². The fourth-order valence-electron chi connectivity index (χ4n) is 3.57. The maximum absolute atomic E-state index is 12.5. The monoisotopic (exact) mass is 397 g/mol. The summed E-state index contributed by atoms with van der Waals surface area (Å²) in [7, 11) is 0. The number of nitrogens with zero attached hydrogens (tertiary/aromatic N) is 2. The average Bonchev–Trinajstić information content (AvgIpc) is 3.16. The van der Waals surface area contributed by atoms with Crippen molar-refractivity contribution in [3.63, 3.8) is 0 Å². The molecule has 0 bridgehead atoms. The molecule has 1 aliphatic rings. The highest BCUT2D eigenvalue weighted by molar-refractivity contribution is 6.30. The normalized spacial score (nSPS) is 15.1. The Labute approximate surface area is 172 Å². The number of rotatable bonds is 6. The second-order valence-corrected chi connectivity index (χ2v) is 7.63. The third kappa shape index (κ3) is 5.37. The van der Waals surface area contributed by atoms with Crippen molar-refractivity contribution < 1.29 is 4.79 Å². The van der Waals surface area contributed by atoms with Gasteiger partial charge in [-0.1, -0.05) is 54.1 Å². The van der Waals surface area contributed by atoms with E-state index in [1.807, 2.05) is 36.1 Å². The predicted molar refractivity (Wildman–Crippen MR) is 116 cm³/mol. The van der Waals surface area contributed by atoms with Crippen LogP contribution in [0.15, 0.2) is 54.6 Å². The Hall–Kier alpha value is -2.30. The van der Waals surface area contributed by atoms with Crippen molar-refractivity contribution in [3.8, 4) is 0 Å². The van der Waals surface area contributed by atoms with E-state index in [0.29, 0.717) is 13.2 Å². The summed E-state index contributed by atoms with van der Waals surface area (Å²) in [4.78, 5) is 16.7. The van der Waals surface area contributed by atoms with Crippen LogP contribution in [0.2, 0.25) is 5.02 Å². The lowest BCUT2D eigenvalue weighted by molar-refractivity contribution is 0.195. The van der Waals surface area contributed by atoms with Gasteiger partial charge in [0.1, 0.15) is 0 Å². The first-order valence-electron chi connectivity index (χ1n) is 9.77. The van der Waals surface area contributed by atoms with Crippen LogP contribution >= 0.6 is 11.6 Å². The van der Waals surface area contributed by atoms with E-state index in [9.17, 15) is 4.79 Å². The number of halogens is 1. The minimum atomic E-state index is 0.00818. The highest BCUT2D eigenvalue weighted by Gasteiger charge is 2.23. The number of carbonyl (C=O) groups is 1. The summed E-state index contributed by atoms with van der Waals surface area (Å²) in [5.41, 5.74) is 4.83. The van der Waals surface area contributed by atoms with Crippen LogP contribution in [0.1, 0.15) is 30.0 Å². The highest BCUT2D eigenvalue weighted by Crippen LogP contribution is 2.25. The summed E-state index contributed by atoms with van der Waals surface area (Å²) in [6.07, 6.45) is 2.88. The molecule has 1 heterocycles. The van der Waals surface area contributed by atoms with E-state index in [1.54, 1.807) is 0 Å². The molecule has 0 spiro atoms. The van der Waals surface area contributed by atoms with Crippen molar-refractivity contribution in [2.45, 2.75) is 26.8 Å². The van der Waals surface area contributed by atoms with Crippen LogP contribution in [0.3, 0.4) is 0 Å². The first-order chi connectivity index (χ1) is 13.6. The van der Waals surface area contributed by atoms with E-state index in [-0.39, 0.29) is 6.03 Å². The lowest BCUT2D eigenvalue weighted by atomic mass is 9.98. The molecule has 2 aromatic rings. The van der Waals surface area contributed by atoms with Crippen LogP contribution in [-0.4, -0.2) is 42.1 Å². The number of carbonyl (C=O) groups excluding carboxylic acids is 1. The molecule has 1 fully saturated rings. The molecule has 0 atom stereocenters. The summed E-state index contributed by atoms with van der Waals surface area (Å²) in [6, 6.07) is 16.3. The number of hydrogen-bond acceptors (Lipinski definition) is 2. The lowest BCUT2D eigenvalue weighted by Crippen LogP contribution is -2.39. The first kappa shape index (κ1) is 20.4. The molecule has 0 saturated carbocycles. The second kappa shape index (κ2) is 9.76. The van der Waals surface area contributed by atoms with Crippen molar-refractivity contribution in [2.24, 2.45) is 0 Å². The summed E-state index contributed by atoms with van der Waals surface area (Å²) in [6.45, 7) is 7.94. The lowest BCUT2D eigenvalue weighted by Gasteiger charge is -2.19. The predicted octanol–water partition coefficient (Wildman–Crippen LogP) is 4.93. The number of nitrogens with one attached hydrogen (secondary N) is 1. The molecule has 3 rings (SSSR count). The third-order valence-corrected chi connectivity index (χ3v) is 5.39. The summed E-state index contributed by atoms with van der Waals surface area (Å²) >= 11 is 6.15. The quantitative estimate of drug-likeness (QED) is 0.750. The van der Waals surface area contributed by atoms with Gasteiger partial charge in [-0.05, 0) is 54.7 Å². The molecule has 0 aromatic heterocycles. The van der Waals surface area contributed by atoms with Gasteiger partial charge in [-0.3, -0.25) is 4.90 Å². The Morgan fingerprint density at radius 3 is 2.71 bits per heavy atom. The molecule has 1 saturated heterocycles. The van der Waals surface area contributed by atoms with Gasteiger partial charge in [0.2, 0.25) is 0 Å². The van der Waals surface area contributed by atoms with Crippen LogP contribution in [0, 0.1) is 6.92 Å². The van der Waals surface area contributed by atoms with Gasteiger partial charge in [0.15, 0.2) is 0 Å². The zero-order chi connectivity index (χ0) is 19.9. The smallest absolute Gasteiger partial charge is 0.318 e. The van der Waals surface area contributed by atoms with Crippen molar-refractivity contribution >= 4 is 23.2 Å². The Balaban J connectivity index is 1.47. The fourth-order valence-corrected chi connectivity index (χ4v) is 3.74. The number of amides is 2. The van der Waals surface area contributed by atoms with Crippen molar-refractivity contribution in [2.75, 3.05) is 26.3 Å². The first-order valence-corrected chi connectivity index (χ1v) is 10.2. The van der Waals surface area contributed by atoms with Gasteiger partial charge in [0.05, 0.1) is 6.67 Å². The maximum Gasteiger partial charge on any atom is 0.318 e. The molecule has 0 aliphatic carbocycles. The van der Waals surface area contributed by atoms with Gasteiger partial charge in [0, 0.05) is 31.2 Å². The number of hydrogen-bond donors (Lipinski definition) is 1. The largest absolute Gasteiger partial charge is 0.338 e. The minimum absolute atomic E-state index is 0.00818. The number of urea groups is 1. The molecule has 148 valence electrons. The summed E-state index contributed by atoms with van der Waals surface area (Å²) in [5.74, 6) is 0. The SMILES string of the molecule is C/C=C(/CCNC(=O)N1CCN(Cc2ccccc2)C1)c1cc(Cl)ccc1C. The zero-order valence-corrected chi connectivity index (χ0v) is 17.4. The summed E-state index contributed by atoms with van der Waals surface area (Å²) in [5, 5.41) is 3.80. The van der Waals surface area contributed by atoms with Crippen molar-refractivity contribution in [1.29, 1.82) is 0 Å². The van der Waals surface area contributed by atoms with Gasteiger partial charge in [0.25, 0.3) is 0 Å². The molecule has 4 nitrogen and oxygen atoms in total. The number of benzene rings is 2. The van der Waals surface area contributed by atoms with Crippen LogP contribution < -0.4 is 5.32 Å². The molecule has 2 aromatic carbocycles. The molecular formula is C23H28ClN3O. The van der Waals surface area contributed by atoms with Crippen molar-refractivity contribution in [3.05, 3.63) is 76.3 Å². The topological polar surface area (TPSA) is 35.6 Å². The summed E-state index contributed by atoms with van der Waals surface area (Å²) < 4.78 is 0. The average molecular weight is 398 g/mol. The van der Waals surface area contributed by atoms with E-state index in [4.69, 9.17) is 11.6 Å². The maximum atomic E-state index is 12.5.